The Kier molecular flexibility index (Phi) is 4.93. The molecule has 0 aliphatic heterocycles. The predicted octanol–water partition coefficient (Wildman–Crippen LogP) is 3.46. The normalized spacial score (nSPS) is 10.7. The van der Waals surface area contributed by atoms with E-state index in [1.54, 1.807) is 36.4 Å². The molecule has 0 atom stereocenters. The fourth-order valence-corrected chi connectivity index (χ4v) is 2.42. The maximum Gasteiger partial charge on any atom is 0.122 e. The van der Waals surface area contributed by atoms with Crippen LogP contribution >= 0.6 is 0 Å². The molecule has 0 saturated carbocycles. The molecule has 2 aromatic carbocycles. The van der Waals surface area contributed by atoms with Crippen molar-refractivity contribution in [3.63, 3.8) is 0 Å². The molecule has 2 rings (SSSR count). The summed E-state index contributed by atoms with van der Waals surface area (Å²) in [6.07, 6.45) is 3.72. The second kappa shape index (κ2) is 6.88. The lowest BCUT2D eigenvalue weighted by Gasteiger charge is -2.08. The number of phenolic OH excluding ortho intramolecular Hbond substituents is 4. The monoisotopic (exact) mass is 288 g/mol. The first kappa shape index (κ1) is 15.0. The van der Waals surface area contributed by atoms with Crippen LogP contribution in [0.4, 0.5) is 0 Å². The Morgan fingerprint density at radius 2 is 0.857 bits per heavy atom. The minimum Gasteiger partial charge on any atom is -0.508 e. The highest BCUT2D eigenvalue weighted by Gasteiger charge is 2.08. The molecular formula is C17H20O4. The molecule has 0 aromatic heterocycles. The molecule has 0 spiro atoms. The number of phenols is 4. The van der Waals surface area contributed by atoms with E-state index in [1.807, 2.05) is 0 Å². The Balaban J connectivity index is 1.81. The SMILES string of the molecule is Oc1cccc(O)c1CCCCCc1c(O)cccc1O. The second-order valence-electron chi connectivity index (χ2n) is 5.11. The molecule has 0 radical (unpaired) electrons. The zero-order valence-corrected chi connectivity index (χ0v) is 11.8. The van der Waals surface area contributed by atoms with E-state index < -0.39 is 0 Å². The van der Waals surface area contributed by atoms with Crippen LogP contribution in [-0.2, 0) is 12.8 Å². The van der Waals surface area contributed by atoms with Crippen LogP contribution in [0.25, 0.3) is 0 Å². The van der Waals surface area contributed by atoms with Gasteiger partial charge in [0, 0.05) is 11.1 Å². The van der Waals surface area contributed by atoms with Crippen LogP contribution < -0.4 is 0 Å². The molecule has 0 bridgehead atoms. The Morgan fingerprint density at radius 3 is 1.19 bits per heavy atom. The minimum atomic E-state index is 0.119. The van der Waals surface area contributed by atoms with Crippen LogP contribution in [0.2, 0.25) is 0 Å². The first-order chi connectivity index (χ1) is 10.1. The number of hydrogen-bond acceptors (Lipinski definition) is 4. The highest BCUT2D eigenvalue weighted by molar-refractivity contribution is 5.43. The molecule has 0 fully saturated rings. The van der Waals surface area contributed by atoms with Crippen molar-refractivity contribution in [3.05, 3.63) is 47.5 Å². The molecule has 21 heavy (non-hydrogen) atoms. The van der Waals surface area contributed by atoms with E-state index in [0.29, 0.717) is 24.0 Å². The number of aromatic hydroxyl groups is 4. The van der Waals surface area contributed by atoms with Gasteiger partial charge in [0.15, 0.2) is 0 Å². The summed E-state index contributed by atoms with van der Waals surface area (Å²) < 4.78 is 0. The molecule has 112 valence electrons. The van der Waals surface area contributed by atoms with Crippen molar-refractivity contribution in [3.8, 4) is 23.0 Å². The van der Waals surface area contributed by atoms with Gasteiger partial charge in [-0.15, -0.1) is 0 Å². The lowest BCUT2D eigenvalue weighted by atomic mass is 10.0. The zero-order valence-electron chi connectivity index (χ0n) is 11.8. The maximum atomic E-state index is 9.67. The molecule has 2 aromatic rings. The predicted molar refractivity (Wildman–Crippen MR) is 80.8 cm³/mol. The summed E-state index contributed by atoms with van der Waals surface area (Å²) in [4.78, 5) is 0. The van der Waals surface area contributed by atoms with Crippen LogP contribution in [-0.4, -0.2) is 20.4 Å². The van der Waals surface area contributed by atoms with Gasteiger partial charge in [0.1, 0.15) is 23.0 Å². The largest absolute Gasteiger partial charge is 0.508 e. The van der Waals surface area contributed by atoms with Crippen molar-refractivity contribution in [1.82, 2.24) is 0 Å². The van der Waals surface area contributed by atoms with Gasteiger partial charge in [0.25, 0.3) is 0 Å². The molecule has 0 saturated heterocycles. The van der Waals surface area contributed by atoms with Crippen molar-refractivity contribution >= 4 is 0 Å². The summed E-state index contributed by atoms with van der Waals surface area (Å²) in [5, 5.41) is 38.7. The average Bonchev–Trinajstić information content (AvgIpc) is 2.44. The van der Waals surface area contributed by atoms with Crippen molar-refractivity contribution in [2.24, 2.45) is 0 Å². The number of benzene rings is 2. The van der Waals surface area contributed by atoms with Gasteiger partial charge < -0.3 is 20.4 Å². The van der Waals surface area contributed by atoms with Crippen molar-refractivity contribution < 1.29 is 20.4 Å². The van der Waals surface area contributed by atoms with Crippen molar-refractivity contribution in [1.29, 1.82) is 0 Å². The Labute approximate surface area is 123 Å². The number of rotatable bonds is 6. The fourth-order valence-electron chi connectivity index (χ4n) is 2.42. The van der Waals surface area contributed by atoms with Gasteiger partial charge in [-0.2, -0.15) is 0 Å². The topological polar surface area (TPSA) is 80.9 Å². The highest BCUT2D eigenvalue weighted by atomic mass is 16.3. The van der Waals surface area contributed by atoms with Crippen molar-refractivity contribution in [2.75, 3.05) is 0 Å². The van der Waals surface area contributed by atoms with E-state index >= 15 is 0 Å². The van der Waals surface area contributed by atoms with Crippen LogP contribution in [0.1, 0.15) is 30.4 Å². The first-order valence-electron chi connectivity index (χ1n) is 7.09. The number of unbranched alkanes of at least 4 members (excludes halogenated alkanes) is 2. The smallest absolute Gasteiger partial charge is 0.122 e. The third kappa shape index (κ3) is 3.81. The summed E-state index contributed by atoms with van der Waals surface area (Å²) in [5.74, 6) is 0.475. The van der Waals surface area contributed by atoms with Gasteiger partial charge in [-0.25, -0.2) is 0 Å². The molecule has 0 amide bonds. The third-order valence-corrected chi connectivity index (χ3v) is 3.61. The molecular weight excluding hydrogens is 268 g/mol. The van der Waals surface area contributed by atoms with Crippen molar-refractivity contribution in [2.45, 2.75) is 32.1 Å². The van der Waals surface area contributed by atoms with Gasteiger partial charge in [0.2, 0.25) is 0 Å². The summed E-state index contributed by atoms with van der Waals surface area (Å²) in [7, 11) is 0. The summed E-state index contributed by atoms with van der Waals surface area (Å²) in [6.45, 7) is 0. The Bertz CT molecular complexity index is 514. The Hall–Kier alpha value is -2.36. The number of hydrogen-bond donors (Lipinski definition) is 4. The third-order valence-electron chi connectivity index (χ3n) is 3.61. The minimum absolute atomic E-state index is 0.119. The fraction of sp³-hybridized carbons (Fsp3) is 0.294. The van der Waals surface area contributed by atoms with E-state index in [1.165, 1.54) is 0 Å². The summed E-state index contributed by atoms with van der Waals surface area (Å²) in [6, 6.07) is 9.47. The van der Waals surface area contributed by atoms with Crippen LogP contribution in [0.3, 0.4) is 0 Å². The van der Waals surface area contributed by atoms with Crippen LogP contribution in [0.15, 0.2) is 36.4 Å². The standard InChI is InChI=1S/C17H20O4/c18-14-8-4-9-15(19)12(14)6-2-1-3-7-13-16(20)10-5-11-17(13)21/h4-5,8-11,18-21H,1-3,6-7H2. The van der Waals surface area contributed by atoms with E-state index in [0.717, 1.165) is 19.3 Å². The maximum absolute atomic E-state index is 9.67. The van der Waals surface area contributed by atoms with Gasteiger partial charge >= 0.3 is 0 Å². The van der Waals surface area contributed by atoms with E-state index in [-0.39, 0.29) is 23.0 Å². The molecule has 4 nitrogen and oxygen atoms in total. The average molecular weight is 288 g/mol. The molecule has 0 aliphatic carbocycles. The lowest BCUT2D eigenvalue weighted by Crippen LogP contribution is -1.91. The molecule has 0 aliphatic rings. The Morgan fingerprint density at radius 1 is 0.524 bits per heavy atom. The highest BCUT2D eigenvalue weighted by Crippen LogP contribution is 2.30. The lowest BCUT2D eigenvalue weighted by molar-refractivity contribution is 0.433. The van der Waals surface area contributed by atoms with Gasteiger partial charge in [-0.05, 0) is 49.9 Å². The quantitative estimate of drug-likeness (QED) is 0.614. The second-order valence-corrected chi connectivity index (χ2v) is 5.11. The zero-order chi connectivity index (χ0) is 15.2. The summed E-state index contributed by atoms with van der Waals surface area (Å²) >= 11 is 0. The van der Waals surface area contributed by atoms with E-state index in [9.17, 15) is 20.4 Å². The van der Waals surface area contributed by atoms with E-state index in [2.05, 4.69) is 0 Å². The summed E-state index contributed by atoms with van der Waals surface area (Å²) in [5.41, 5.74) is 1.14. The van der Waals surface area contributed by atoms with Gasteiger partial charge in [0.05, 0.1) is 0 Å². The van der Waals surface area contributed by atoms with Crippen LogP contribution in [0, 0.1) is 0 Å². The molecule has 0 unspecified atom stereocenters. The van der Waals surface area contributed by atoms with Gasteiger partial charge in [-0.3, -0.25) is 0 Å². The van der Waals surface area contributed by atoms with Crippen LogP contribution in [0.5, 0.6) is 23.0 Å². The first-order valence-corrected chi connectivity index (χ1v) is 7.09. The van der Waals surface area contributed by atoms with E-state index in [4.69, 9.17) is 0 Å². The van der Waals surface area contributed by atoms with Gasteiger partial charge in [-0.1, -0.05) is 18.6 Å². The molecule has 4 heteroatoms. The molecule has 4 N–H and O–H groups in total. The molecule has 0 heterocycles.